The molecule has 0 saturated carbocycles. The summed E-state index contributed by atoms with van der Waals surface area (Å²) in [6.45, 7) is 6.56. The van der Waals surface area contributed by atoms with E-state index in [0.717, 1.165) is 17.1 Å². The van der Waals surface area contributed by atoms with E-state index >= 15 is 0 Å². The number of rotatable bonds is 10. The van der Waals surface area contributed by atoms with Crippen LogP contribution in [0.5, 0.6) is 17.2 Å². The lowest BCUT2D eigenvalue weighted by molar-refractivity contribution is 0.0626. The Morgan fingerprint density at radius 1 is 0.839 bits per heavy atom. The molecule has 0 bridgehead atoms. The Labute approximate surface area is 182 Å². The number of nitrogens with zero attached hydrogens (tertiary/aromatic N) is 1. The van der Waals surface area contributed by atoms with Crippen molar-refractivity contribution in [3.63, 3.8) is 0 Å². The van der Waals surface area contributed by atoms with E-state index in [4.69, 9.17) is 14.2 Å². The Bertz CT molecular complexity index is 961. The van der Waals surface area contributed by atoms with Crippen LogP contribution in [0.4, 0.5) is 0 Å². The molecule has 1 atom stereocenters. The van der Waals surface area contributed by atoms with Crippen molar-refractivity contribution in [1.82, 2.24) is 4.68 Å². The summed E-state index contributed by atoms with van der Waals surface area (Å²) < 4.78 is 18.3. The molecule has 0 aliphatic heterocycles. The van der Waals surface area contributed by atoms with Crippen molar-refractivity contribution in [3.8, 4) is 17.2 Å². The second-order valence-corrected chi connectivity index (χ2v) is 7.10. The van der Waals surface area contributed by atoms with E-state index in [1.807, 2.05) is 45.0 Å². The summed E-state index contributed by atoms with van der Waals surface area (Å²) in [6, 6.07) is 17.9. The van der Waals surface area contributed by atoms with Crippen LogP contribution in [0.2, 0.25) is 0 Å². The van der Waals surface area contributed by atoms with Gasteiger partial charge < -0.3 is 19.3 Å². The van der Waals surface area contributed by atoms with Gasteiger partial charge in [0, 0.05) is 17.0 Å². The summed E-state index contributed by atoms with van der Waals surface area (Å²) in [4.78, 5) is 12.4. The Balaban J connectivity index is 1.44. The highest BCUT2D eigenvalue weighted by molar-refractivity contribution is 6.00. The minimum atomic E-state index is -0.797. The second-order valence-electron chi connectivity index (χ2n) is 7.10. The lowest BCUT2D eigenvalue weighted by atomic mass is 10.2. The third-order valence-corrected chi connectivity index (χ3v) is 4.62. The third kappa shape index (κ3) is 6.26. The number of carbonyl (C=O) groups excluding carboxylic acids is 1. The van der Waals surface area contributed by atoms with Crippen LogP contribution in [-0.4, -0.2) is 41.6 Å². The fourth-order valence-electron chi connectivity index (χ4n) is 2.95. The predicted octanol–water partition coefficient (Wildman–Crippen LogP) is 3.71. The molecule has 0 spiro atoms. The normalized spacial score (nSPS) is 11.6. The van der Waals surface area contributed by atoms with Gasteiger partial charge in [-0.05, 0) is 81.4 Å². The van der Waals surface area contributed by atoms with E-state index in [2.05, 4.69) is 5.43 Å². The molecule has 164 valence electrons. The monoisotopic (exact) mass is 424 g/mol. The maximum Gasteiger partial charge on any atom is 0.270 e. The van der Waals surface area contributed by atoms with Gasteiger partial charge in [0.15, 0.2) is 0 Å². The van der Waals surface area contributed by atoms with Gasteiger partial charge >= 0.3 is 0 Å². The number of amides is 1. The Morgan fingerprint density at radius 2 is 1.29 bits per heavy atom. The van der Waals surface area contributed by atoms with Gasteiger partial charge in [0.1, 0.15) is 36.6 Å². The van der Waals surface area contributed by atoms with E-state index in [1.165, 1.54) is 0 Å². The van der Waals surface area contributed by atoms with E-state index < -0.39 is 6.10 Å². The molecule has 0 fully saturated rings. The van der Waals surface area contributed by atoms with Crippen molar-refractivity contribution in [2.75, 3.05) is 25.2 Å². The number of ether oxygens (including phenoxy) is 3. The van der Waals surface area contributed by atoms with Crippen molar-refractivity contribution < 1.29 is 24.1 Å². The number of carbonyl (C=O) groups is 1. The van der Waals surface area contributed by atoms with Gasteiger partial charge in [0.05, 0.1) is 6.61 Å². The summed E-state index contributed by atoms with van der Waals surface area (Å²) in [5.74, 6) is 1.77. The number of aliphatic hydroxyl groups is 1. The molecular weight excluding hydrogens is 396 g/mol. The first-order valence-electron chi connectivity index (χ1n) is 10.2. The number of aliphatic hydroxyl groups excluding tert-OH is 1. The van der Waals surface area contributed by atoms with Crippen molar-refractivity contribution >= 4 is 5.91 Å². The molecular formula is C24H28N2O5. The average molecular weight is 424 g/mol. The lowest BCUT2D eigenvalue weighted by Crippen LogP contribution is -2.25. The first kappa shape index (κ1) is 22.2. The molecule has 0 radical (unpaired) electrons. The van der Waals surface area contributed by atoms with Crippen LogP contribution >= 0.6 is 0 Å². The molecule has 2 N–H and O–H groups in total. The van der Waals surface area contributed by atoms with E-state index in [0.29, 0.717) is 23.7 Å². The van der Waals surface area contributed by atoms with E-state index in [9.17, 15) is 9.90 Å². The summed E-state index contributed by atoms with van der Waals surface area (Å²) >= 11 is 0. The maximum atomic E-state index is 12.4. The molecule has 7 heteroatoms. The fourth-order valence-corrected chi connectivity index (χ4v) is 2.95. The van der Waals surface area contributed by atoms with Crippen molar-refractivity contribution in [2.45, 2.75) is 26.9 Å². The number of benzene rings is 2. The van der Waals surface area contributed by atoms with Crippen LogP contribution in [-0.2, 0) is 0 Å². The van der Waals surface area contributed by atoms with E-state index in [1.54, 1.807) is 41.1 Å². The molecule has 1 heterocycles. The highest BCUT2D eigenvalue weighted by Gasteiger charge is 2.10. The molecule has 3 rings (SSSR count). The molecule has 0 aliphatic rings. The zero-order chi connectivity index (χ0) is 22.2. The topological polar surface area (TPSA) is 82.0 Å². The van der Waals surface area contributed by atoms with Gasteiger partial charge in [-0.1, -0.05) is 0 Å². The summed E-state index contributed by atoms with van der Waals surface area (Å²) in [7, 11) is 0. The van der Waals surface area contributed by atoms with Crippen molar-refractivity contribution in [1.29, 1.82) is 0 Å². The fraction of sp³-hybridized carbons (Fsp3) is 0.292. The highest BCUT2D eigenvalue weighted by Crippen LogP contribution is 2.18. The van der Waals surface area contributed by atoms with Gasteiger partial charge in [-0.3, -0.25) is 14.9 Å². The minimum Gasteiger partial charge on any atom is -0.494 e. The largest absolute Gasteiger partial charge is 0.494 e. The first-order valence-corrected chi connectivity index (χ1v) is 10.2. The van der Waals surface area contributed by atoms with Crippen LogP contribution in [0.15, 0.2) is 60.7 Å². The molecule has 31 heavy (non-hydrogen) atoms. The summed E-state index contributed by atoms with van der Waals surface area (Å²) in [6.07, 6.45) is -0.797. The predicted molar refractivity (Wildman–Crippen MR) is 119 cm³/mol. The molecule has 2 aromatic carbocycles. The van der Waals surface area contributed by atoms with Gasteiger partial charge in [-0.25, -0.2) is 0 Å². The van der Waals surface area contributed by atoms with Crippen LogP contribution in [0, 0.1) is 13.8 Å². The Morgan fingerprint density at radius 3 is 1.77 bits per heavy atom. The highest BCUT2D eigenvalue weighted by atomic mass is 16.5. The van der Waals surface area contributed by atoms with Crippen LogP contribution in [0.25, 0.3) is 0 Å². The number of aromatic nitrogens is 1. The zero-order valence-corrected chi connectivity index (χ0v) is 18.0. The summed E-state index contributed by atoms with van der Waals surface area (Å²) in [5.41, 5.74) is 5.28. The molecule has 0 unspecified atom stereocenters. The minimum absolute atomic E-state index is 0.0737. The lowest BCUT2D eigenvalue weighted by Gasteiger charge is -2.14. The van der Waals surface area contributed by atoms with Gasteiger partial charge in [0.25, 0.3) is 5.91 Å². The number of nitrogens with one attached hydrogen (secondary N) is 1. The molecule has 0 saturated heterocycles. The van der Waals surface area contributed by atoms with Gasteiger partial charge in [-0.2, -0.15) is 0 Å². The number of hydrogen-bond donors (Lipinski definition) is 2. The van der Waals surface area contributed by atoms with Gasteiger partial charge in [0.2, 0.25) is 0 Å². The standard InChI is InChI=1S/C24H28N2O5/c1-4-29-21-11-13-23(14-12-21)31-16-20(27)15-30-22-9-7-19(8-10-22)24(28)25-26-17(2)5-6-18(26)3/h5-14,20,27H,4,15-16H2,1-3H3,(H,25,28)/t20-/m1/s1. The number of aryl methyl sites for hydroxylation is 2. The second kappa shape index (κ2) is 10.5. The van der Waals surface area contributed by atoms with Crippen LogP contribution in [0.3, 0.4) is 0 Å². The van der Waals surface area contributed by atoms with Crippen LogP contribution in [0.1, 0.15) is 28.7 Å². The quantitative estimate of drug-likeness (QED) is 0.519. The first-order chi connectivity index (χ1) is 15.0. The van der Waals surface area contributed by atoms with Crippen molar-refractivity contribution in [3.05, 3.63) is 77.6 Å². The average Bonchev–Trinajstić information content (AvgIpc) is 3.09. The van der Waals surface area contributed by atoms with Crippen molar-refractivity contribution in [2.24, 2.45) is 0 Å². The Kier molecular flexibility index (Phi) is 7.56. The molecule has 3 aromatic rings. The van der Waals surface area contributed by atoms with Crippen LogP contribution < -0.4 is 19.6 Å². The summed E-state index contributed by atoms with van der Waals surface area (Å²) in [5, 5.41) is 10.1. The Hall–Kier alpha value is -3.45. The molecule has 7 nitrogen and oxygen atoms in total. The maximum absolute atomic E-state index is 12.4. The SMILES string of the molecule is CCOc1ccc(OC[C@H](O)COc2ccc(C(=O)Nn3c(C)ccc3C)cc2)cc1. The smallest absolute Gasteiger partial charge is 0.270 e. The van der Waals surface area contributed by atoms with Gasteiger partial charge in [-0.15, -0.1) is 0 Å². The van der Waals surface area contributed by atoms with E-state index in [-0.39, 0.29) is 19.1 Å². The molecule has 1 amide bonds. The third-order valence-electron chi connectivity index (χ3n) is 4.62. The molecule has 0 aliphatic carbocycles. The zero-order valence-electron chi connectivity index (χ0n) is 18.0. The molecule has 1 aromatic heterocycles. The number of hydrogen-bond acceptors (Lipinski definition) is 5.